The van der Waals surface area contributed by atoms with Crippen LogP contribution in [0.3, 0.4) is 0 Å². The largest absolute Gasteiger partial charge is 0.339 e. The van der Waals surface area contributed by atoms with Gasteiger partial charge in [0, 0.05) is 37.6 Å². The molecule has 1 amide bonds. The zero-order chi connectivity index (χ0) is 21.4. The van der Waals surface area contributed by atoms with Crippen LogP contribution in [0.4, 0.5) is 5.95 Å². The minimum atomic E-state index is -0.621. The molecule has 0 spiro atoms. The summed E-state index contributed by atoms with van der Waals surface area (Å²) >= 11 is 0. The summed E-state index contributed by atoms with van der Waals surface area (Å²) in [7, 11) is 0. The molecular weight excluding hydrogens is 390 g/mol. The minimum absolute atomic E-state index is 0.115. The van der Waals surface area contributed by atoms with E-state index in [1.807, 2.05) is 42.3 Å². The van der Waals surface area contributed by atoms with Gasteiger partial charge in [0.2, 0.25) is 11.9 Å². The van der Waals surface area contributed by atoms with Crippen molar-refractivity contribution >= 4 is 11.9 Å². The first-order valence-corrected chi connectivity index (χ1v) is 11.2. The monoisotopic (exact) mass is 419 g/mol. The van der Waals surface area contributed by atoms with Crippen LogP contribution >= 0.6 is 0 Å². The van der Waals surface area contributed by atoms with Gasteiger partial charge in [-0.15, -0.1) is 0 Å². The van der Waals surface area contributed by atoms with Gasteiger partial charge < -0.3 is 9.80 Å². The van der Waals surface area contributed by atoms with Gasteiger partial charge in [-0.05, 0) is 45.1 Å². The molecule has 2 aliphatic carbocycles. The molecule has 0 aromatic carbocycles. The third-order valence-corrected chi connectivity index (χ3v) is 6.92. The molecule has 1 fully saturated rings. The zero-order valence-corrected chi connectivity index (χ0v) is 18.2. The number of allylic oxidation sites excluding steroid dienone is 3. The van der Waals surface area contributed by atoms with Gasteiger partial charge >= 0.3 is 0 Å². The molecule has 0 bridgehead atoms. The molecule has 3 aliphatic rings. The summed E-state index contributed by atoms with van der Waals surface area (Å²) in [5.74, 6) is 0.563. The van der Waals surface area contributed by atoms with Crippen molar-refractivity contribution in [1.29, 1.82) is 0 Å². The van der Waals surface area contributed by atoms with Crippen molar-refractivity contribution in [2.75, 3.05) is 24.5 Å². The topological polar surface area (TPSA) is 80.0 Å². The molecule has 0 saturated carbocycles. The Morgan fingerprint density at radius 3 is 2.81 bits per heavy atom. The summed E-state index contributed by atoms with van der Waals surface area (Å²) in [6, 6.07) is 0.140. The first-order valence-electron chi connectivity index (χ1n) is 11.2. The Bertz CT molecular complexity index is 1010. The van der Waals surface area contributed by atoms with E-state index in [-0.39, 0.29) is 17.9 Å². The SMILES string of the molecule is C[C@@H]1CCN(c2ncc3c(n2)CCC3)CCN1C(=O)C1C=CC=CC1(C)n1nccn1. The molecule has 162 valence electrons. The summed E-state index contributed by atoms with van der Waals surface area (Å²) in [6.45, 7) is 6.39. The van der Waals surface area contributed by atoms with E-state index >= 15 is 0 Å². The number of fused-ring (bicyclic) bond motifs is 1. The zero-order valence-electron chi connectivity index (χ0n) is 18.2. The molecule has 1 saturated heterocycles. The maximum atomic E-state index is 13.7. The Labute approximate surface area is 182 Å². The lowest BCUT2D eigenvalue weighted by Gasteiger charge is -2.38. The maximum Gasteiger partial charge on any atom is 0.232 e. The normalized spacial score (nSPS) is 27.9. The van der Waals surface area contributed by atoms with Crippen molar-refractivity contribution in [2.45, 2.75) is 51.1 Å². The first kappa shape index (κ1) is 19.9. The molecule has 2 aromatic heterocycles. The molecule has 31 heavy (non-hydrogen) atoms. The van der Waals surface area contributed by atoms with Gasteiger partial charge in [0.05, 0.1) is 18.3 Å². The Morgan fingerprint density at radius 1 is 1.13 bits per heavy atom. The van der Waals surface area contributed by atoms with Gasteiger partial charge in [0.15, 0.2) is 0 Å². The number of aromatic nitrogens is 5. The van der Waals surface area contributed by atoms with E-state index in [9.17, 15) is 4.79 Å². The van der Waals surface area contributed by atoms with Crippen LogP contribution in [0.25, 0.3) is 0 Å². The molecule has 5 rings (SSSR count). The molecule has 8 nitrogen and oxygen atoms in total. The van der Waals surface area contributed by atoms with E-state index in [2.05, 4.69) is 27.0 Å². The lowest BCUT2D eigenvalue weighted by Crippen LogP contribution is -2.51. The Balaban J connectivity index is 1.35. The number of rotatable bonds is 3. The molecule has 2 unspecified atom stereocenters. The molecule has 8 heteroatoms. The number of carbonyl (C=O) groups is 1. The quantitative estimate of drug-likeness (QED) is 0.758. The lowest BCUT2D eigenvalue weighted by molar-refractivity contribution is -0.138. The van der Waals surface area contributed by atoms with E-state index in [0.29, 0.717) is 6.54 Å². The average Bonchev–Trinajstić information content (AvgIpc) is 3.44. The number of carbonyl (C=O) groups excluding carboxylic acids is 1. The highest BCUT2D eigenvalue weighted by Gasteiger charge is 2.43. The second-order valence-corrected chi connectivity index (χ2v) is 8.92. The van der Waals surface area contributed by atoms with Crippen LogP contribution in [0.1, 0.15) is 37.9 Å². The predicted octanol–water partition coefficient (Wildman–Crippen LogP) is 2.14. The van der Waals surface area contributed by atoms with E-state index in [1.165, 1.54) is 17.7 Å². The van der Waals surface area contributed by atoms with Crippen LogP contribution in [0.5, 0.6) is 0 Å². The second kappa shape index (κ2) is 7.90. The third-order valence-electron chi connectivity index (χ3n) is 6.92. The molecule has 3 heterocycles. The second-order valence-electron chi connectivity index (χ2n) is 8.92. The number of anilines is 1. The average molecular weight is 420 g/mol. The van der Waals surface area contributed by atoms with Crippen molar-refractivity contribution in [2.24, 2.45) is 5.92 Å². The number of nitrogens with zero attached hydrogens (tertiary/aromatic N) is 7. The van der Waals surface area contributed by atoms with Gasteiger partial charge in [0.1, 0.15) is 5.54 Å². The maximum absolute atomic E-state index is 13.7. The first-order chi connectivity index (χ1) is 15.1. The number of hydrogen-bond donors (Lipinski definition) is 0. The highest BCUT2D eigenvalue weighted by Crippen LogP contribution is 2.33. The van der Waals surface area contributed by atoms with Crippen LogP contribution in [-0.4, -0.2) is 61.4 Å². The van der Waals surface area contributed by atoms with Gasteiger partial charge in [-0.1, -0.05) is 24.3 Å². The molecule has 0 N–H and O–H groups in total. The molecule has 0 radical (unpaired) electrons. The van der Waals surface area contributed by atoms with Crippen molar-refractivity contribution in [3.8, 4) is 0 Å². The van der Waals surface area contributed by atoms with Gasteiger partial charge in [-0.2, -0.15) is 15.0 Å². The lowest BCUT2D eigenvalue weighted by atomic mass is 9.81. The van der Waals surface area contributed by atoms with E-state index in [0.717, 1.165) is 38.3 Å². The molecule has 2 aromatic rings. The van der Waals surface area contributed by atoms with Crippen molar-refractivity contribution in [3.63, 3.8) is 0 Å². The molecule has 1 aliphatic heterocycles. The van der Waals surface area contributed by atoms with Crippen molar-refractivity contribution in [1.82, 2.24) is 29.9 Å². The Kier molecular flexibility index (Phi) is 5.08. The van der Waals surface area contributed by atoms with Crippen molar-refractivity contribution in [3.05, 3.63) is 54.2 Å². The van der Waals surface area contributed by atoms with Crippen LogP contribution in [0, 0.1) is 5.92 Å². The highest BCUT2D eigenvalue weighted by atomic mass is 16.2. The fourth-order valence-corrected chi connectivity index (χ4v) is 4.93. The van der Waals surface area contributed by atoms with Gasteiger partial charge in [0.25, 0.3) is 0 Å². The highest BCUT2D eigenvalue weighted by molar-refractivity contribution is 5.83. The van der Waals surface area contributed by atoms with E-state index in [1.54, 1.807) is 17.2 Å². The minimum Gasteiger partial charge on any atom is -0.339 e. The third kappa shape index (κ3) is 3.54. The summed E-state index contributed by atoms with van der Waals surface area (Å²) in [5.41, 5.74) is 1.86. The molecular formula is C23H29N7O. The fourth-order valence-electron chi connectivity index (χ4n) is 4.93. The van der Waals surface area contributed by atoms with Crippen molar-refractivity contribution < 1.29 is 4.79 Å². The summed E-state index contributed by atoms with van der Waals surface area (Å²) < 4.78 is 0. The Hall–Kier alpha value is -3.03. The standard InChI is InChI=1S/C23H29N7O/c1-17-9-13-28(22-24-16-18-6-5-8-20(18)27-22)14-15-29(17)21(31)19-7-3-4-10-23(19,2)30-25-11-12-26-30/h3-4,7,10-12,16-17,19H,5-6,8-9,13-15H2,1-2H3/t17-,19?,23?/m1/s1. The summed E-state index contributed by atoms with van der Waals surface area (Å²) in [4.78, 5) is 29.1. The smallest absolute Gasteiger partial charge is 0.232 e. The Morgan fingerprint density at radius 2 is 1.97 bits per heavy atom. The fraction of sp³-hybridized carbons (Fsp3) is 0.522. The van der Waals surface area contributed by atoms with E-state index in [4.69, 9.17) is 4.98 Å². The van der Waals surface area contributed by atoms with Crippen LogP contribution in [0.15, 0.2) is 42.9 Å². The van der Waals surface area contributed by atoms with Gasteiger partial charge in [-0.3, -0.25) is 4.79 Å². The predicted molar refractivity (Wildman–Crippen MR) is 118 cm³/mol. The number of hydrogen-bond acceptors (Lipinski definition) is 6. The molecule has 3 atom stereocenters. The summed E-state index contributed by atoms with van der Waals surface area (Å²) in [5, 5.41) is 8.66. The number of aryl methyl sites for hydroxylation is 2. The van der Waals surface area contributed by atoms with Crippen LogP contribution in [-0.2, 0) is 23.2 Å². The summed E-state index contributed by atoms with van der Waals surface area (Å²) in [6.07, 6.45) is 17.4. The van der Waals surface area contributed by atoms with Crippen LogP contribution in [0.2, 0.25) is 0 Å². The van der Waals surface area contributed by atoms with Crippen LogP contribution < -0.4 is 4.90 Å². The van der Waals surface area contributed by atoms with E-state index < -0.39 is 5.54 Å². The van der Waals surface area contributed by atoms with Gasteiger partial charge in [-0.25, -0.2) is 9.97 Å². The number of amides is 1.